The van der Waals surface area contributed by atoms with Crippen LogP contribution in [0.1, 0.15) is 18.5 Å². The van der Waals surface area contributed by atoms with Crippen LogP contribution in [0.3, 0.4) is 0 Å². The Morgan fingerprint density at radius 2 is 1.89 bits per heavy atom. The fraction of sp³-hybridized carbons (Fsp3) is 0.524. The van der Waals surface area contributed by atoms with E-state index in [0.717, 1.165) is 69.4 Å². The highest BCUT2D eigenvalue weighted by Crippen LogP contribution is 2.22. The second-order valence-electron chi connectivity index (χ2n) is 7.70. The Bertz CT molecular complexity index is 767. The third-order valence-corrected chi connectivity index (χ3v) is 5.38. The van der Waals surface area contributed by atoms with Gasteiger partial charge < -0.3 is 25.2 Å². The van der Waals surface area contributed by atoms with Gasteiger partial charge in [0.15, 0.2) is 0 Å². The molecule has 0 amide bonds. The minimum absolute atomic E-state index is 0.286. The van der Waals surface area contributed by atoms with E-state index in [9.17, 15) is 0 Å². The molecule has 1 atom stereocenters. The van der Waals surface area contributed by atoms with Crippen molar-refractivity contribution in [2.45, 2.75) is 25.9 Å². The second kappa shape index (κ2) is 8.75. The lowest BCUT2D eigenvalue weighted by atomic mass is 10.2. The number of ether oxygens (including phenoxy) is 1. The first-order valence-electron chi connectivity index (χ1n) is 10.2. The van der Waals surface area contributed by atoms with E-state index in [1.54, 1.807) is 0 Å². The van der Waals surface area contributed by atoms with E-state index in [4.69, 9.17) is 4.74 Å². The summed E-state index contributed by atoms with van der Waals surface area (Å²) in [6.07, 6.45) is 2.54. The van der Waals surface area contributed by atoms with Crippen molar-refractivity contribution >= 4 is 23.1 Å². The number of likely N-dealkylation sites (N-methyl/N-ethyl adjacent to an activating group) is 1. The van der Waals surface area contributed by atoms with Gasteiger partial charge >= 0.3 is 0 Å². The van der Waals surface area contributed by atoms with Gasteiger partial charge in [-0.05, 0) is 51.1 Å². The first kappa shape index (κ1) is 19.0. The number of rotatable bonds is 6. The van der Waals surface area contributed by atoms with Gasteiger partial charge in [0, 0.05) is 62.5 Å². The third kappa shape index (κ3) is 4.91. The summed E-state index contributed by atoms with van der Waals surface area (Å²) >= 11 is 0. The highest BCUT2D eigenvalue weighted by atomic mass is 16.5. The van der Waals surface area contributed by atoms with Gasteiger partial charge in [-0.2, -0.15) is 4.98 Å². The highest BCUT2D eigenvalue weighted by molar-refractivity contribution is 5.60. The molecule has 2 N–H and O–H groups in total. The number of aromatic nitrogens is 2. The van der Waals surface area contributed by atoms with E-state index in [2.05, 4.69) is 61.7 Å². The molecule has 2 fully saturated rings. The maximum absolute atomic E-state index is 5.67. The number of aryl methyl sites for hydroxylation is 1. The fourth-order valence-electron chi connectivity index (χ4n) is 3.69. The lowest BCUT2D eigenvalue weighted by Gasteiger charge is -2.34. The minimum atomic E-state index is 0.286. The average molecular weight is 383 g/mol. The van der Waals surface area contributed by atoms with Crippen molar-refractivity contribution in [1.29, 1.82) is 0 Å². The summed E-state index contributed by atoms with van der Waals surface area (Å²) in [5.74, 6) is 1.45. The smallest absolute Gasteiger partial charge is 0.229 e. The zero-order valence-corrected chi connectivity index (χ0v) is 16.8. The van der Waals surface area contributed by atoms with Crippen LogP contribution in [0.5, 0.6) is 0 Å². The molecule has 150 valence electrons. The number of hydrogen-bond donors (Lipinski definition) is 2. The maximum Gasteiger partial charge on any atom is 0.229 e. The van der Waals surface area contributed by atoms with Crippen molar-refractivity contribution in [1.82, 2.24) is 14.9 Å². The van der Waals surface area contributed by atoms with E-state index < -0.39 is 0 Å². The van der Waals surface area contributed by atoms with Crippen LogP contribution in [0.4, 0.5) is 23.1 Å². The van der Waals surface area contributed by atoms with Gasteiger partial charge in [-0.3, -0.25) is 0 Å². The largest absolute Gasteiger partial charge is 0.376 e. The molecular weight excluding hydrogens is 352 g/mol. The van der Waals surface area contributed by atoms with Crippen LogP contribution in [-0.4, -0.2) is 67.4 Å². The van der Waals surface area contributed by atoms with Crippen LogP contribution in [0.25, 0.3) is 0 Å². The highest BCUT2D eigenvalue weighted by Gasteiger charge is 2.16. The normalized spacial score (nSPS) is 20.4. The number of anilines is 4. The molecule has 0 bridgehead atoms. The lowest BCUT2D eigenvalue weighted by molar-refractivity contribution is 0.120. The molecule has 1 aromatic carbocycles. The predicted octanol–water partition coefficient (Wildman–Crippen LogP) is 2.87. The standard InChI is InChI=1S/C21H30N6O/c1-16-14-20(22-15-19-4-3-13-28-19)25-21(23-16)24-17-5-7-18(8-6-17)27-11-9-26(2)10-12-27/h5-8,14,19H,3-4,9-13,15H2,1-2H3,(H2,22,23,24,25). The Labute approximate surface area is 167 Å². The van der Waals surface area contributed by atoms with Gasteiger partial charge in [0.05, 0.1) is 6.10 Å². The fourth-order valence-corrected chi connectivity index (χ4v) is 3.69. The summed E-state index contributed by atoms with van der Waals surface area (Å²) < 4.78 is 5.67. The molecule has 7 nitrogen and oxygen atoms in total. The molecule has 2 aliphatic heterocycles. The summed E-state index contributed by atoms with van der Waals surface area (Å²) in [6.45, 7) is 8.01. The number of nitrogens with one attached hydrogen (secondary N) is 2. The minimum Gasteiger partial charge on any atom is -0.376 e. The molecule has 7 heteroatoms. The molecule has 2 saturated heterocycles. The molecule has 1 aromatic heterocycles. The summed E-state index contributed by atoms with van der Waals surface area (Å²) in [7, 11) is 2.18. The van der Waals surface area contributed by atoms with E-state index in [-0.39, 0.29) is 6.10 Å². The molecule has 2 aromatic rings. The molecule has 28 heavy (non-hydrogen) atoms. The zero-order chi connectivity index (χ0) is 19.3. The van der Waals surface area contributed by atoms with Crippen molar-refractivity contribution in [3.8, 4) is 0 Å². The van der Waals surface area contributed by atoms with E-state index in [1.165, 1.54) is 5.69 Å². The average Bonchev–Trinajstić information content (AvgIpc) is 3.21. The van der Waals surface area contributed by atoms with E-state index in [0.29, 0.717) is 5.95 Å². The monoisotopic (exact) mass is 382 g/mol. The second-order valence-corrected chi connectivity index (χ2v) is 7.70. The van der Waals surface area contributed by atoms with Crippen molar-refractivity contribution < 1.29 is 4.74 Å². The molecule has 1 unspecified atom stereocenters. The zero-order valence-electron chi connectivity index (χ0n) is 16.8. The summed E-state index contributed by atoms with van der Waals surface area (Å²) in [6, 6.07) is 10.5. The molecule has 4 rings (SSSR count). The Morgan fingerprint density at radius 3 is 2.61 bits per heavy atom. The van der Waals surface area contributed by atoms with Gasteiger partial charge in [-0.25, -0.2) is 4.98 Å². The van der Waals surface area contributed by atoms with E-state index >= 15 is 0 Å². The van der Waals surface area contributed by atoms with E-state index in [1.807, 2.05) is 13.0 Å². The summed E-state index contributed by atoms with van der Waals surface area (Å²) in [5, 5.41) is 6.71. The molecule has 2 aliphatic rings. The quantitative estimate of drug-likeness (QED) is 0.796. The first-order chi connectivity index (χ1) is 13.7. The van der Waals surface area contributed by atoms with Crippen molar-refractivity contribution in [3.05, 3.63) is 36.0 Å². The topological polar surface area (TPSA) is 65.6 Å². The third-order valence-electron chi connectivity index (χ3n) is 5.38. The van der Waals surface area contributed by atoms with Crippen LogP contribution in [0.2, 0.25) is 0 Å². The number of piperazine rings is 1. The van der Waals surface area contributed by atoms with Crippen LogP contribution in [-0.2, 0) is 4.74 Å². The van der Waals surface area contributed by atoms with Gasteiger partial charge in [0.2, 0.25) is 5.95 Å². The molecule has 0 aliphatic carbocycles. The SMILES string of the molecule is Cc1cc(NCC2CCCO2)nc(Nc2ccc(N3CCN(C)CC3)cc2)n1. The van der Waals surface area contributed by atoms with Gasteiger partial charge in [-0.15, -0.1) is 0 Å². The van der Waals surface area contributed by atoms with Crippen molar-refractivity contribution in [3.63, 3.8) is 0 Å². The van der Waals surface area contributed by atoms with Crippen molar-refractivity contribution in [2.75, 3.05) is 61.9 Å². The van der Waals surface area contributed by atoms with Crippen LogP contribution in [0, 0.1) is 6.92 Å². The van der Waals surface area contributed by atoms with Gasteiger partial charge in [0.25, 0.3) is 0 Å². The van der Waals surface area contributed by atoms with Crippen LogP contribution < -0.4 is 15.5 Å². The Hall–Kier alpha value is -2.38. The molecule has 0 saturated carbocycles. The predicted molar refractivity (Wildman–Crippen MR) is 114 cm³/mol. The Kier molecular flexibility index (Phi) is 5.92. The molecule has 0 spiro atoms. The first-order valence-corrected chi connectivity index (χ1v) is 10.2. The van der Waals surface area contributed by atoms with Gasteiger partial charge in [-0.1, -0.05) is 0 Å². The number of nitrogens with zero attached hydrogens (tertiary/aromatic N) is 4. The lowest BCUT2D eigenvalue weighted by Crippen LogP contribution is -2.44. The van der Waals surface area contributed by atoms with Crippen molar-refractivity contribution in [2.24, 2.45) is 0 Å². The molecule has 0 radical (unpaired) electrons. The molecular formula is C21H30N6O. The molecule has 3 heterocycles. The number of hydrogen-bond acceptors (Lipinski definition) is 7. The maximum atomic E-state index is 5.67. The Morgan fingerprint density at radius 1 is 1.11 bits per heavy atom. The summed E-state index contributed by atoms with van der Waals surface area (Å²) in [4.78, 5) is 13.9. The van der Waals surface area contributed by atoms with Crippen LogP contribution in [0.15, 0.2) is 30.3 Å². The van der Waals surface area contributed by atoms with Crippen LogP contribution >= 0.6 is 0 Å². The number of benzene rings is 1. The summed E-state index contributed by atoms with van der Waals surface area (Å²) in [5.41, 5.74) is 3.19. The Balaban J connectivity index is 1.37. The van der Waals surface area contributed by atoms with Gasteiger partial charge in [0.1, 0.15) is 5.82 Å².